The van der Waals surface area contributed by atoms with Crippen LogP contribution in [0.15, 0.2) is 23.2 Å². The number of carbonyl (C=O) groups excluding carboxylic acids is 2. The third-order valence-electron chi connectivity index (χ3n) is 3.71. The molecule has 0 saturated heterocycles. The van der Waals surface area contributed by atoms with Crippen LogP contribution in [0.5, 0.6) is 5.88 Å². The Bertz CT molecular complexity index is 1030. The Kier molecular flexibility index (Phi) is 3.65. The number of benzene rings is 1. The average Bonchev–Trinajstić information content (AvgIpc) is 2.96. The molecule has 1 aromatic heterocycles. The quantitative estimate of drug-likeness (QED) is 0.787. The van der Waals surface area contributed by atoms with E-state index in [9.17, 15) is 19.8 Å². The van der Waals surface area contributed by atoms with E-state index < -0.39 is 17.9 Å². The fraction of sp³-hybridized carbons (Fsp3) is 0.200. The van der Waals surface area contributed by atoms with Crippen LogP contribution in [-0.2, 0) is 9.59 Å². The molecule has 0 spiro atoms. The van der Waals surface area contributed by atoms with Crippen LogP contribution in [0.2, 0.25) is 0 Å². The van der Waals surface area contributed by atoms with Crippen molar-refractivity contribution in [2.45, 2.75) is 19.9 Å². The summed E-state index contributed by atoms with van der Waals surface area (Å²) in [6, 6.07) is 4.22. The Hall–Kier alpha value is -2.32. The lowest BCUT2D eigenvalue weighted by molar-refractivity contribution is -0.309. The van der Waals surface area contributed by atoms with E-state index in [1.54, 1.807) is 12.1 Å². The van der Waals surface area contributed by atoms with Crippen LogP contribution in [0.3, 0.4) is 0 Å². The van der Waals surface area contributed by atoms with E-state index in [1.807, 2.05) is 13.0 Å². The molecular formula is C15H11N2O4S2-. The maximum absolute atomic E-state index is 12.3. The molecule has 2 heterocycles. The number of hydrogen-bond donors (Lipinski definition) is 1. The Morgan fingerprint density at radius 2 is 2.17 bits per heavy atom. The summed E-state index contributed by atoms with van der Waals surface area (Å²) in [6.45, 7) is 3.19. The number of aromatic nitrogens is 1. The number of carboxylic acids is 1. The van der Waals surface area contributed by atoms with Crippen LogP contribution in [0.25, 0.3) is 5.57 Å². The van der Waals surface area contributed by atoms with Crippen molar-refractivity contribution < 1.29 is 19.8 Å². The molecule has 1 amide bonds. The van der Waals surface area contributed by atoms with E-state index in [-0.39, 0.29) is 20.3 Å². The van der Waals surface area contributed by atoms with Gasteiger partial charge in [0, 0.05) is 5.22 Å². The number of aryl methyl sites for hydroxylation is 1. The zero-order valence-electron chi connectivity index (χ0n) is 12.2. The zero-order chi connectivity index (χ0) is 16.9. The second-order valence-corrected chi connectivity index (χ2v) is 6.79. The predicted molar refractivity (Wildman–Crippen MR) is 84.0 cm³/mol. The van der Waals surface area contributed by atoms with Crippen molar-refractivity contribution in [1.29, 1.82) is 0 Å². The minimum absolute atomic E-state index is 0.149. The SMILES string of the molecule is Cc1cccc2c1=NC(=O)C=2c1sc(=S)n(C(C)C(=O)[O-])c1O. The molecule has 0 saturated carbocycles. The van der Waals surface area contributed by atoms with Gasteiger partial charge < -0.3 is 15.0 Å². The maximum atomic E-state index is 12.3. The van der Waals surface area contributed by atoms with Crippen LogP contribution in [0.4, 0.5) is 0 Å². The van der Waals surface area contributed by atoms with E-state index in [1.165, 1.54) is 6.92 Å². The summed E-state index contributed by atoms with van der Waals surface area (Å²) in [7, 11) is 0. The lowest BCUT2D eigenvalue weighted by Gasteiger charge is -2.15. The summed E-state index contributed by atoms with van der Waals surface area (Å²) in [5, 5.41) is 22.6. The number of rotatable bonds is 3. The van der Waals surface area contributed by atoms with Crippen molar-refractivity contribution in [3.63, 3.8) is 0 Å². The molecule has 2 aromatic rings. The molecular weight excluding hydrogens is 336 g/mol. The Morgan fingerprint density at radius 1 is 1.48 bits per heavy atom. The first-order chi connectivity index (χ1) is 10.8. The molecule has 1 aliphatic rings. The first kappa shape index (κ1) is 15.6. The molecule has 8 heteroatoms. The number of fused-ring (bicyclic) bond motifs is 1. The summed E-state index contributed by atoms with van der Waals surface area (Å²) in [5.74, 6) is -2.21. The molecule has 6 nitrogen and oxygen atoms in total. The maximum Gasteiger partial charge on any atom is 0.279 e. The number of hydrogen-bond acceptors (Lipinski definition) is 6. The van der Waals surface area contributed by atoms with Gasteiger partial charge in [0.2, 0.25) is 5.88 Å². The highest BCUT2D eigenvalue weighted by atomic mass is 32.1. The predicted octanol–water partition coefficient (Wildman–Crippen LogP) is -0.0372. The van der Waals surface area contributed by atoms with Crippen LogP contribution < -0.4 is 15.7 Å². The van der Waals surface area contributed by atoms with Crippen LogP contribution in [0.1, 0.15) is 23.4 Å². The minimum atomic E-state index is -1.37. The largest absolute Gasteiger partial charge is 0.548 e. The van der Waals surface area contributed by atoms with Crippen molar-refractivity contribution in [3.05, 3.63) is 43.2 Å². The second kappa shape index (κ2) is 5.39. The van der Waals surface area contributed by atoms with Gasteiger partial charge >= 0.3 is 0 Å². The third kappa shape index (κ3) is 2.30. The van der Waals surface area contributed by atoms with Gasteiger partial charge in [-0.3, -0.25) is 9.36 Å². The molecule has 0 aliphatic carbocycles. The molecule has 23 heavy (non-hydrogen) atoms. The Morgan fingerprint density at radius 3 is 2.83 bits per heavy atom. The van der Waals surface area contributed by atoms with Crippen LogP contribution in [0, 0.1) is 10.9 Å². The summed E-state index contributed by atoms with van der Waals surface area (Å²) in [6.07, 6.45) is 0. The highest BCUT2D eigenvalue weighted by Gasteiger charge is 2.27. The fourth-order valence-corrected chi connectivity index (χ4v) is 3.99. The first-order valence-corrected chi connectivity index (χ1v) is 7.94. The third-order valence-corrected chi connectivity index (χ3v) is 5.12. The lowest BCUT2D eigenvalue weighted by atomic mass is 10.1. The number of nitrogens with zero attached hydrogens (tertiary/aromatic N) is 2. The summed E-state index contributed by atoms with van der Waals surface area (Å²) >= 11 is 6.11. The van der Waals surface area contributed by atoms with Gasteiger partial charge in [-0.2, -0.15) is 0 Å². The van der Waals surface area contributed by atoms with Gasteiger partial charge in [0.05, 0.1) is 22.9 Å². The van der Waals surface area contributed by atoms with Crippen molar-refractivity contribution in [2.24, 2.45) is 4.99 Å². The fourth-order valence-electron chi connectivity index (χ4n) is 2.49. The van der Waals surface area contributed by atoms with Crippen molar-refractivity contribution in [2.75, 3.05) is 0 Å². The number of thiazole rings is 1. The normalized spacial score (nSPS) is 14.5. The van der Waals surface area contributed by atoms with Crippen molar-refractivity contribution in [1.82, 2.24) is 4.57 Å². The van der Waals surface area contributed by atoms with Gasteiger partial charge in [-0.1, -0.05) is 18.2 Å². The molecule has 1 atom stereocenters. The van der Waals surface area contributed by atoms with E-state index in [0.29, 0.717) is 10.6 Å². The monoisotopic (exact) mass is 347 g/mol. The number of aliphatic carboxylic acids is 1. The molecule has 0 bridgehead atoms. The Labute approximate surface area is 139 Å². The molecule has 1 N–H and O–H groups in total. The topological polar surface area (TPSA) is 94.7 Å². The minimum Gasteiger partial charge on any atom is -0.548 e. The van der Waals surface area contributed by atoms with Gasteiger partial charge in [0.1, 0.15) is 4.88 Å². The average molecular weight is 347 g/mol. The summed E-state index contributed by atoms with van der Waals surface area (Å²) in [4.78, 5) is 27.6. The number of aromatic hydroxyl groups is 1. The summed E-state index contributed by atoms with van der Waals surface area (Å²) in [5.41, 5.74) is 1.08. The van der Waals surface area contributed by atoms with E-state index in [0.717, 1.165) is 21.5 Å². The summed E-state index contributed by atoms with van der Waals surface area (Å²) < 4.78 is 1.22. The number of carboxylic acid groups (broad SMARTS) is 1. The number of carbonyl (C=O) groups is 2. The molecule has 0 radical (unpaired) electrons. The van der Waals surface area contributed by atoms with Gasteiger partial charge in [-0.25, -0.2) is 4.99 Å². The Balaban J connectivity index is 2.34. The van der Waals surface area contributed by atoms with E-state index >= 15 is 0 Å². The van der Waals surface area contributed by atoms with Crippen LogP contribution in [-0.4, -0.2) is 21.6 Å². The van der Waals surface area contributed by atoms with Crippen molar-refractivity contribution >= 4 is 41.0 Å². The van der Waals surface area contributed by atoms with Crippen LogP contribution >= 0.6 is 23.6 Å². The lowest BCUT2D eigenvalue weighted by Crippen LogP contribution is -2.31. The van der Waals surface area contributed by atoms with Gasteiger partial charge in [-0.05, 0) is 31.6 Å². The standard InChI is InChI=1S/C15H12N2O4S2/c1-6-4-3-5-8-9(12(18)16-10(6)8)11-13(19)17(15(22)23-11)7(2)14(20)21/h3-5,7,19H,1-2H3,(H,20,21)/p-1. The second-order valence-electron chi connectivity index (χ2n) is 5.15. The number of amides is 1. The van der Waals surface area contributed by atoms with Gasteiger partial charge in [-0.15, -0.1) is 11.3 Å². The molecule has 1 aromatic carbocycles. The van der Waals surface area contributed by atoms with E-state index in [4.69, 9.17) is 12.2 Å². The highest BCUT2D eigenvalue weighted by molar-refractivity contribution is 7.73. The zero-order valence-corrected chi connectivity index (χ0v) is 13.8. The highest BCUT2D eigenvalue weighted by Crippen LogP contribution is 2.34. The van der Waals surface area contributed by atoms with E-state index in [2.05, 4.69) is 4.99 Å². The van der Waals surface area contributed by atoms with Gasteiger partial charge in [0.15, 0.2) is 3.95 Å². The number of para-hydroxylation sites is 1. The van der Waals surface area contributed by atoms with Gasteiger partial charge in [0.25, 0.3) is 5.91 Å². The molecule has 0 fully saturated rings. The molecule has 1 unspecified atom stereocenters. The first-order valence-electron chi connectivity index (χ1n) is 6.71. The smallest absolute Gasteiger partial charge is 0.279 e. The molecule has 118 valence electrons. The van der Waals surface area contributed by atoms with Crippen molar-refractivity contribution in [3.8, 4) is 5.88 Å². The molecule has 1 aliphatic heterocycles. The molecule has 3 rings (SSSR count).